The van der Waals surface area contributed by atoms with Gasteiger partial charge in [0.2, 0.25) is 0 Å². The SMILES string of the molecule is CCCC(N)C(CO)Sc1ccc(OC)cc1. The van der Waals surface area contributed by atoms with E-state index < -0.39 is 0 Å². The lowest BCUT2D eigenvalue weighted by Gasteiger charge is -2.21. The Bertz CT molecular complexity index is 316. The zero-order valence-corrected chi connectivity index (χ0v) is 11.2. The Balaban J connectivity index is 2.60. The van der Waals surface area contributed by atoms with Crippen LogP contribution in [0.15, 0.2) is 29.2 Å². The number of benzene rings is 1. The molecule has 2 unspecified atom stereocenters. The van der Waals surface area contributed by atoms with E-state index in [4.69, 9.17) is 10.5 Å². The van der Waals surface area contributed by atoms with Crippen molar-refractivity contribution in [1.29, 1.82) is 0 Å². The maximum atomic E-state index is 9.36. The second-order valence-electron chi connectivity index (χ2n) is 3.97. The van der Waals surface area contributed by atoms with Gasteiger partial charge in [-0.3, -0.25) is 0 Å². The van der Waals surface area contributed by atoms with Gasteiger partial charge in [0.25, 0.3) is 0 Å². The molecule has 0 heterocycles. The molecule has 3 nitrogen and oxygen atoms in total. The van der Waals surface area contributed by atoms with E-state index in [9.17, 15) is 5.11 Å². The van der Waals surface area contributed by atoms with Gasteiger partial charge in [-0.25, -0.2) is 0 Å². The second-order valence-corrected chi connectivity index (χ2v) is 5.28. The van der Waals surface area contributed by atoms with Crippen LogP contribution in [-0.4, -0.2) is 30.1 Å². The first kappa shape index (κ1) is 14.4. The number of aliphatic hydroxyl groups excluding tert-OH is 1. The first-order valence-corrected chi connectivity index (χ1v) is 6.76. The predicted octanol–water partition coefficient (Wildman–Crippen LogP) is 2.28. The zero-order valence-electron chi connectivity index (χ0n) is 10.4. The summed E-state index contributed by atoms with van der Waals surface area (Å²) in [5, 5.41) is 9.42. The summed E-state index contributed by atoms with van der Waals surface area (Å²) in [6, 6.07) is 7.86. The number of nitrogens with two attached hydrogens (primary N) is 1. The van der Waals surface area contributed by atoms with Gasteiger partial charge in [-0.15, -0.1) is 11.8 Å². The van der Waals surface area contributed by atoms with E-state index in [1.807, 2.05) is 24.3 Å². The van der Waals surface area contributed by atoms with E-state index in [0.29, 0.717) is 0 Å². The number of rotatable bonds is 7. The summed E-state index contributed by atoms with van der Waals surface area (Å²) in [6.07, 6.45) is 1.98. The van der Waals surface area contributed by atoms with Gasteiger partial charge in [-0.1, -0.05) is 13.3 Å². The van der Waals surface area contributed by atoms with Gasteiger partial charge >= 0.3 is 0 Å². The molecule has 0 fully saturated rings. The fourth-order valence-corrected chi connectivity index (χ4v) is 2.64. The van der Waals surface area contributed by atoms with E-state index in [1.54, 1.807) is 18.9 Å². The summed E-state index contributed by atoms with van der Waals surface area (Å²) >= 11 is 1.63. The van der Waals surface area contributed by atoms with E-state index in [2.05, 4.69) is 6.92 Å². The van der Waals surface area contributed by atoms with Crippen LogP contribution in [0.25, 0.3) is 0 Å². The molecule has 0 aliphatic heterocycles. The summed E-state index contributed by atoms with van der Waals surface area (Å²) in [6.45, 7) is 2.21. The molecule has 0 bridgehead atoms. The van der Waals surface area contributed by atoms with Crippen molar-refractivity contribution in [2.24, 2.45) is 5.73 Å². The molecule has 0 aliphatic carbocycles. The number of ether oxygens (including phenoxy) is 1. The molecule has 1 aromatic carbocycles. The van der Waals surface area contributed by atoms with Crippen LogP contribution in [0.1, 0.15) is 19.8 Å². The standard InChI is InChI=1S/C13H21NO2S/c1-3-4-12(14)13(9-15)17-11-7-5-10(16-2)6-8-11/h5-8,12-13,15H,3-4,9,14H2,1-2H3. The molecule has 96 valence electrons. The molecule has 1 rings (SSSR count). The van der Waals surface area contributed by atoms with Crippen LogP contribution in [0.3, 0.4) is 0 Å². The van der Waals surface area contributed by atoms with Crippen LogP contribution in [0.2, 0.25) is 0 Å². The Hall–Kier alpha value is -0.710. The fourth-order valence-electron chi connectivity index (χ4n) is 1.61. The fraction of sp³-hybridized carbons (Fsp3) is 0.538. The van der Waals surface area contributed by atoms with Crippen molar-refractivity contribution in [3.63, 3.8) is 0 Å². The Morgan fingerprint density at radius 3 is 2.47 bits per heavy atom. The summed E-state index contributed by atoms with van der Waals surface area (Å²) in [4.78, 5) is 1.11. The molecule has 0 saturated heterocycles. The molecule has 4 heteroatoms. The first-order chi connectivity index (χ1) is 8.21. The highest BCUT2D eigenvalue weighted by molar-refractivity contribution is 8.00. The van der Waals surface area contributed by atoms with Crippen LogP contribution >= 0.6 is 11.8 Å². The lowest BCUT2D eigenvalue weighted by atomic mass is 10.1. The largest absolute Gasteiger partial charge is 0.497 e. The summed E-state index contributed by atoms with van der Waals surface area (Å²) < 4.78 is 5.10. The highest BCUT2D eigenvalue weighted by Gasteiger charge is 2.17. The van der Waals surface area contributed by atoms with Crippen LogP contribution in [-0.2, 0) is 0 Å². The molecule has 0 amide bonds. The Morgan fingerprint density at radius 2 is 2.00 bits per heavy atom. The lowest BCUT2D eigenvalue weighted by Crippen LogP contribution is -2.34. The highest BCUT2D eigenvalue weighted by atomic mass is 32.2. The predicted molar refractivity (Wildman–Crippen MR) is 72.6 cm³/mol. The maximum Gasteiger partial charge on any atom is 0.118 e. The Labute approximate surface area is 107 Å². The van der Waals surface area contributed by atoms with Crippen molar-refractivity contribution in [2.45, 2.75) is 36.0 Å². The van der Waals surface area contributed by atoms with Crippen molar-refractivity contribution in [3.05, 3.63) is 24.3 Å². The second kappa shape index (κ2) is 7.58. The Kier molecular flexibility index (Phi) is 6.40. The molecule has 17 heavy (non-hydrogen) atoms. The highest BCUT2D eigenvalue weighted by Crippen LogP contribution is 2.27. The molecular formula is C13H21NO2S. The minimum Gasteiger partial charge on any atom is -0.497 e. The van der Waals surface area contributed by atoms with Crippen LogP contribution in [0, 0.1) is 0 Å². The smallest absolute Gasteiger partial charge is 0.118 e. The molecule has 1 aromatic rings. The lowest BCUT2D eigenvalue weighted by molar-refractivity contribution is 0.279. The van der Waals surface area contributed by atoms with Gasteiger partial charge in [0.15, 0.2) is 0 Å². The molecule has 2 atom stereocenters. The number of methoxy groups -OCH3 is 1. The van der Waals surface area contributed by atoms with Crippen molar-refractivity contribution >= 4 is 11.8 Å². The van der Waals surface area contributed by atoms with Gasteiger partial charge in [0.05, 0.1) is 13.7 Å². The molecule has 0 aromatic heterocycles. The molecule has 0 saturated carbocycles. The van der Waals surface area contributed by atoms with Crippen molar-refractivity contribution in [2.75, 3.05) is 13.7 Å². The van der Waals surface area contributed by atoms with Crippen LogP contribution in [0.4, 0.5) is 0 Å². The number of thioether (sulfide) groups is 1. The third kappa shape index (κ3) is 4.58. The van der Waals surface area contributed by atoms with Crippen molar-refractivity contribution < 1.29 is 9.84 Å². The zero-order chi connectivity index (χ0) is 12.7. The van der Waals surface area contributed by atoms with E-state index in [1.165, 1.54) is 0 Å². The van der Waals surface area contributed by atoms with Crippen LogP contribution in [0.5, 0.6) is 5.75 Å². The summed E-state index contributed by atoms with van der Waals surface area (Å²) in [5.41, 5.74) is 6.04. The molecular weight excluding hydrogens is 234 g/mol. The minimum atomic E-state index is 0.0390. The monoisotopic (exact) mass is 255 g/mol. The summed E-state index contributed by atoms with van der Waals surface area (Å²) in [7, 11) is 1.65. The van der Waals surface area contributed by atoms with E-state index in [0.717, 1.165) is 23.5 Å². The first-order valence-electron chi connectivity index (χ1n) is 5.88. The van der Waals surface area contributed by atoms with Crippen molar-refractivity contribution in [3.8, 4) is 5.75 Å². The normalized spacial score (nSPS) is 14.4. The summed E-state index contributed by atoms with van der Waals surface area (Å²) in [5.74, 6) is 0.841. The average Bonchev–Trinajstić information content (AvgIpc) is 2.37. The minimum absolute atomic E-state index is 0.0390. The van der Waals surface area contributed by atoms with Gasteiger partial charge in [-0.2, -0.15) is 0 Å². The molecule has 3 N–H and O–H groups in total. The third-order valence-electron chi connectivity index (χ3n) is 2.63. The molecule has 0 spiro atoms. The number of hydrogen-bond donors (Lipinski definition) is 2. The molecule has 0 aliphatic rings. The van der Waals surface area contributed by atoms with Crippen molar-refractivity contribution in [1.82, 2.24) is 0 Å². The van der Waals surface area contributed by atoms with E-state index >= 15 is 0 Å². The Morgan fingerprint density at radius 1 is 1.35 bits per heavy atom. The molecule has 0 radical (unpaired) electrons. The third-order valence-corrected chi connectivity index (χ3v) is 3.97. The van der Waals surface area contributed by atoms with Gasteiger partial charge in [-0.05, 0) is 30.7 Å². The average molecular weight is 255 g/mol. The maximum absolute atomic E-state index is 9.36. The number of hydrogen-bond acceptors (Lipinski definition) is 4. The topological polar surface area (TPSA) is 55.5 Å². The van der Waals surface area contributed by atoms with E-state index in [-0.39, 0.29) is 17.9 Å². The number of aliphatic hydroxyl groups is 1. The van der Waals surface area contributed by atoms with Crippen LogP contribution < -0.4 is 10.5 Å². The van der Waals surface area contributed by atoms with Gasteiger partial charge in [0, 0.05) is 16.2 Å². The van der Waals surface area contributed by atoms with Gasteiger partial charge in [0.1, 0.15) is 5.75 Å². The van der Waals surface area contributed by atoms with Gasteiger partial charge < -0.3 is 15.6 Å². The quantitative estimate of drug-likeness (QED) is 0.734.